The number of ketones is 1. The summed E-state index contributed by atoms with van der Waals surface area (Å²) in [4.78, 5) is 32.3. The lowest BCUT2D eigenvalue weighted by Crippen LogP contribution is -2.30. The van der Waals surface area contributed by atoms with E-state index < -0.39 is 5.82 Å². The Kier molecular flexibility index (Phi) is 5.97. The quantitative estimate of drug-likeness (QED) is 0.268. The first-order chi connectivity index (χ1) is 16.6. The third kappa shape index (κ3) is 4.36. The van der Waals surface area contributed by atoms with Crippen LogP contribution in [-0.2, 0) is 6.54 Å². The van der Waals surface area contributed by atoms with Crippen molar-refractivity contribution >= 4 is 38.4 Å². The first-order valence-electron chi connectivity index (χ1n) is 10.7. The summed E-state index contributed by atoms with van der Waals surface area (Å²) in [7, 11) is 0. The standard InChI is InChI=1S/C28H19FN2O2S/c29-23-12-7-13-24-25(23)30-28(34-24)31(18-19-8-3-1-4-9-19)27(33)22-16-14-21(15-17-22)26(32)20-10-5-2-6-11-20/h1-17H,18H2. The van der Waals surface area contributed by atoms with Gasteiger partial charge in [-0.3, -0.25) is 14.5 Å². The number of hydrogen-bond donors (Lipinski definition) is 0. The van der Waals surface area contributed by atoms with Gasteiger partial charge in [-0.25, -0.2) is 9.37 Å². The van der Waals surface area contributed by atoms with Gasteiger partial charge in [-0.2, -0.15) is 0 Å². The fraction of sp³-hybridized carbons (Fsp3) is 0.0357. The predicted octanol–water partition coefficient (Wildman–Crippen LogP) is 6.51. The van der Waals surface area contributed by atoms with Crippen molar-refractivity contribution in [2.75, 3.05) is 4.90 Å². The Morgan fingerprint density at radius 2 is 1.35 bits per heavy atom. The molecule has 0 atom stereocenters. The maximum atomic E-state index is 14.3. The second-order valence-electron chi connectivity index (χ2n) is 7.73. The largest absolute Gasteiger partial charge is 0.289 e. The predicted molar refractivity (Wildman–Crippen MR) is 133 cm³/mol. The topological polar surface area (TPSA) is 50.3 Å². The summed E-state index contributed by atoms with van der Waals surface area (Å²) in [6.07, 6.45) is 0. The molecule has 4 nitrogen and oxygen atoms in total. The molecular formula is C28H19FN2O2S. The van der Waals surface area contributed by atoms with Crippen molar-refractivity contribution in [2.45, 2.75) is 6.54 Å². The van der Waals surface area contributed by atoms with Gasteiger partial charge >= 0.3 is 0 Å². The van der Waals surface area contributed by atoms with Crippen LogP contribution >= 0.6 is 11.3 Å². The minimum Gasteiger partial charge on any atom is -0.289 e. The molecule has 0 saturated heterocycles. The zero-order chi connectivity index (χ0) is 23.5. The lowest BCUT2D eigenvalue weighted by atomic mass is 10.0. The van der Waals surface area contributed by atoms with E-state index in [1.807, 2.05) is 48.5 Å². The van der Waals surface area contributed by atoms with Crippen LogP contribution in [0.2, 0.25) is 0 Å². The van der Waals surface area contributed by atoms with Crippen LogP contribution < -0.4 is 4.90 Å². The number of anilines is 1. The zero-order valence-electron chi connectivity index (χ0n) is 18.0. The van der Waals surface area contributed by atoms with Crippen LogP contribution in [0.25, 0.3) is 10.2 Å². The number of para-hydroxylation sites is 1. The van der Waals surface area contributed by atoms with Gasteiger partial charge in [-0.05, 0) is 29.8 Å². The number of carbonyl (C=O) groups is 2. The second kappa shape index (κ2) is 9.37. The van der Waals surface area contributed by atoms with E-state index in [2.05, 4.69) is 4.98 Å². The van der Waals surface area contributed by atoms with Gasteiger partial charge < -0.3 is 0 Å². The highest BCUT2D eigenvalue weighted by atomic mass is 32.1. The third-order valence-corrected chi connectivity index (χ3v) is 6.49. The molecule has 6 heteroatoms. The molecule has 0 N–H and O–H groups in total. The summed E-state index contributed by atoms with van der Waals surface area (Å²) in [5, 5.41) is 0.415. The number of aromatic nitrogens is 1. The fourth-order valence-electron chi connectivity index (χ4n) is 3.69. The van der Waals surface area contributed by atoms with Gasteiger partial charge in [-0.1, -0.05) is 90.2 Å². The minimum absolute atomic E-state index is 0.109. The molecule has 0 unspecified atom stereocenters. The van der Waals surface area contributed by atoms with Gasteiger partial charge in [0.25, 0.3) is 5.91 Å². The Balaban J connectivity index is 1.48. The van der Waals surface area contributed by atoms with Crippen molar-refractivity contribution in [2.24, 2.45) is 0 Å². The smallest absolute Gasteiger partial charge is 0.260 e. The first kappa shape index (κ1) is 21.7. The monoisotopic (exact) mass is 466 g/mol. The van der Waals surface area contributed by atoms with Crippen molar-refractivity contribution in [3.8, 4) is 0 Å². The number of hydrogen-bond acceptors (Lipinski definition) is 4. The van der Waals surface area contributed by atoms with E-state index in [1.54, 1.807) is 53.4 Å². The van der Waals surface area contributed by atoms with Crippen molar-refractivity contribution in [3.63, 3.8) is 0 Å². The lowest BCUT2D eigenvalue weighted by molar-refractivity contribution is 0.0982. The molecule has 1 heterocycles. The van der Waals surface area contributed by atoms with Gasteiger partial charge in [0.05, 0.1) is 11.2 Å². The van der Waals surface area contributed by atoms with E-state index in [0.717, 1.165) is 5.56 Å². The first-order valence-corrected chi connectivity index (χ1v) is 11.5. The molecule has 5 rings (SSSR count). The van der Waals surface area contributed by atoms with Crippen LogP contribution in [0.1, 0.15) is 31.8 Å². The van der Waals surface area contributed by atoms with E-state index in [9.17, 15) is 14.0 Å². The van der Waals surface area contributed by atoms with Crippen LogP contribution in [0, 0.1) is 5.82 Å². The van der Waals surface area contributed by atoms with Gasteiger partial charge in [0.15, 0.2) is 10.9 Å². The molecule has 1 amide bonds. The number of thiazole rings is 1. The van der Waals surface area contributed by atoms with E-state index in [0.29, 0.717) is 26.5 Å². The minimum atomic E-state index is -0.420. The number of carbonyl (C=O) groups excluding carboxylic acids is 2. The lowest BCUT2D eigenvalue weighted by Gasteiger charge is -2.20. The Labute approximate surface area is 199 Å². The Morgan fingerprint density at radius 1 is 0.735 bits per heavy atom. The van der Waals surface area contributed by atoms with Crippen LogP contribution in [0.4, 0.5) is 9.52 Å². The van der Waals surface area contributed by atoms with Crippen LogP contribution in [0.3, 0.4) is 0 Å². The number of nitrogens with zero attached hydrogens (tertiary/aromatic N) is 2. The Morgan fingerprint density at radius 3 is 2.03 bits per heavy atom. The molecule has 0 fully saturated rings. The second-order valence-corrected chi connectivity index (χ2v) is 8.74. The molecule has 5 aromatic rings. The molecule has 0 aliphatic rings. The maximum Gasteiger partial charge on any atom is 0.260 e. The Bertz CT molecular complexity index is 1470. The SMILES string of the molecule is O=C(c1ccccc1)c1ccc(C(=O)N(Cc2ccccc2)c2nc3c(F)cccc3s2)cc1. The van der Waals surface area contributed by atoms with Crippen LogP contribution in [0.5, 0.6) is 0 Å². The van der Waals surface area contributed by atoms with Crippen molar-refractivity contribution in [1.29, 1.82) is 0 Å². The van der Waals surface area contributed by atoms with E-state index in [4.69, 9.17) is 0 Å². The van der Waals surface area contributed by atoms with E-state index >= 15 is 0 Å². The highest BCUT2D eigenvalue weighted by molar-refractivity contribution is 7.22. The normalized spacial score (nSPS) is 10.9. The number of halogens is 1. The van der Waals surface area contributed by atoms with Crippen LogP contribution in [-0.4, -0.2) is 16.7 Å². The highest BCUT2D eigenvalue weighted by Crippen LogP contribution is 2.32. The fourth-order valence-corrected chi connectivity index (χ4v) is 4.66. The van der Waals surface area contributed by atoms with Gasteiger partial charge in [0, 0.05) is 16.7 Å². The molecule has 1 aromatic heterocycles. The number of benzene rings is 4. The maximum absolute atomic E-state index is 14.3. The summed E-state index contributed by atoms with van der Waals surface area (Å²) >= 11 is 1.27. The number of fused-ring (bicyclic) bond motifs is 1. The van der Waals surface area contributed by atoms with Gasteiger partial charge in [0.1, 0.15) is 11.3 Å². The molecule has 166 valence electrons. The number of amides is 1. The molecule has 0 bridgehead atoms. The molecule has 34 heavy (non-hydrogen) atoms. The summed E-state index contributed by atoms with van der Waals surface area (Å²) in [6, 6.07) is 29.9. The molecule has 0 aliphatic heterocycles. The molecule has 0 aliphatic carbocycles. The Hall–Kier alpha value is -4.16. The van der Waals surface area contributed by atoms with Gasteiger partial charge in [-0.15, -0.1) is 0 Å². The van der Waals surface area contributed by atoms with E-state index in [1.165, 1.54) is 17.4 Å². The van der Waals surface area contributed by atoms with Gasteiger partial charge in [0.2, 0.25) is 0 Å². The van der Waals surface area contributed by atoms with E-state index in [-0.39, 0.29) is 23.8 Å². The van der Waals surface area contributed by atoms with Crippen molar-refractivity contribution in [1.82, 2.24) is 4.98 Å². The third-order valence-electron chi connectivity index (χ3n) is 5.45. The summed E-state index contributed by atoms with van der Waals surface area (Å²) < 4.78 is 15.0. The zero-order valence-corrected chi connectivity index (χ0v) is 18.8. The summed E-state index contributed by atoms with van der Waals surface area (Å²) in [5.74, 6) is -0.805. The average molecular weight is 467 g/mol. The molecular weight excluding hydrogens is 447 g/mol. The van der Waals surface area contributed by atoms with Crippen molar-refractivity contribution in [3.05, 3.63) is 131 Å². The summed E-state index contributed by atoms with van der Waals surface area (Å²) in [6.45, 7) is 0.284. The summed E-state index contributed by atoms with van der Waals surface area (Å²) in [5.41, 5.74) is 2.67. The molecule has 0 spiro atoms. The number of rotatable bonds is 6. The molecule has 4 aromatic carbocycles. The highest BCUT2D eigenvalue weighted by Gasteiger charge is 2.23. The average Bonchev–Trinajstić information content (AvgIpc) is 3.33. The molecule has 0 radical (unpaired) electrons. The van der Waals surface area contributed by atoms with Crippen molar-refractivity contribution < 1.29 is 14.0 Å². The molecule has 0 saturated carbocycles. The van der Waals surface area contributed by atoms with Crippen LogP contribution in [0.15, 0.2) is 103 Å².